The Labute approximate surface area is 154 Å². The zero-order valence-electron chi connectivity index (χ0n) is 15.0. The number of anilines is 1. The highest BCUT2D eigenvalue weighted by Gasteiger charge is 2.19. The summed E-state index contributed by atoms with van der Waals surface area (Å²) >= 11 is 0. The average Bonchev–Trinajstić information content (AvgIpc) is 2.61. The Kier molecular flexibility index (Phi) is 7.17. The second-order valence-corrected chi connectivity index (χ2v) is 7.93. The van der Waals surface area contributed by atoms with E-state index in [1.807, 2.05) is 37.3 Å². The van der Waals surface area contributed by atoms with Gasteiger partial charge in [0.2, 0.25) is 15.9 Å². The number of benzene rings is 2. The fourth-order valence-electron chi connectivity index (χ4n) is 2.35. The molecule has 0 radical (unpaired) electrons. The van der Waals surface area contributed by atoms with Crippen molar-refractivity contribution < 1.29 is 17.9 Å². The maximum atomic E-state index is 12.1. The molecule has 1 amide bonds. The number of amides is 1. The number of carbonyl (C=O) groups is 1. The van der Waals surface area contributed by atoms with Crippen LogP contribution in [-0.4, -0.2) is 38.0 Å². The highest BCUT2D eigenvalue weighted by Crippen LogP contribution is 2.17. The monoisotopic (exact) mass is 376 g/mol. The summed E-state index contributed by atoms with van der Waals surface area (Å²) in [6.45, 7) is 2.45. The molecule has 0 aliphatic carbocycles. The average molecular weight is 376 g/mol. The molecule has 0 saturated heterocycles. The predicted octanol–water partition coefficient (Wildman–Crippen LogP) is 2.88. The van der Waals surface area contributed by atoms with Crippen LogP contribution < -0.4 is 10.1 Å². The second-order valence-electron chi connectivity index (χ2n) is 5.94. The quantitative estimate of drug-likeness (QED) is 0.730. The van der Waals surface area contributed by atoms with Crippen LogP contribution in [0.15, 0.2) is 54.6 Å². The van der Waals surface area contributed by atoms with E-state index in [9.17, 15) is 13.2 Å². The largest absolute Gasteiger partial charge is 0.489 e. The van der Waals surface area contributed by atoms with E-state index >= 15 is 0 Å². The zero-order valence-corrected chi connectivity index (χ0v) is 15.8. The first kappa shape index (κ1) is 19.9. The molecule has 7 heteroatoms. The minimum absolute atomic E-state index is 0.196. The summed E-state index contributed by atoms with van der Waals surface area (Å²) in [5.74, 6) is 0.317. The second kappa shape index (κ2) is 9.35. The first-order valence-corrected chi connectivity index (χ1v) is 10.2. The lowest BCUT2D eigenvalue weighted by molar-refractivity contribution is -0.116. The summed E-state index contributed by atoms with van der Waals surface area (Å²) < 4.78 is 30.2. The minimum atomic E-state index is -3.40. The fourth-order valence-corrected chi connectivity index (χ4v) is 3.21. The highest BCUT2D eigenvalue weighted by molar-refractivity contribution is 7.88. The lowest BCUT2D eigenvalue weighted by Crippen LogP contribution is -2.37. The molecular formula is C19H24N2O4S. The predicted molar refractivity (Wildman–Crippen MR) is 103 cm³/mol. The molecule has 1 N–H and O–H groups in total. The van der Waals surface area contributed by atoms with Crippen molar-refractivity contribution in [3.05, 3.63) is 60.2 Å². The molecule has 2 aromatic carbocycles. The van der Waals surface area contributed by atoms with Gasteiger partial charge in [-0.25, -0.2) is 8.42 Å². The molecule has 26 heavy (non-hydrogen) atoms. The van der Waals surface area contributed by atoms with Crippen molar-refractivity contribution in [2.45, 2.75) is 20.0 Å². The van der Waals surface area contributed by atoms with Gasteiger partial charge in [0.1, 0.15) is 12.4 Å². The van der Waals surface area contributed by atoms with Gasteiger partial charge in [0.05, 0.1) is 12.8 Å². The summed E-state index contributed by atoms with van der Waals surface area (Å²) in [4.78, 5) is 12.1. The number of hydrogen-bond acceptors (Lipinski definition) is 4. The molecule has 0 bridgehead atoms. The SMILES string of the molecule is CCCN(CC(=O)Nc1ccc(OCc2ccccc2)cc1)S(C)(=O)=O. The van der Waals surface area contributed by atoms with E-state index in [4.69, 9.17) is 4.74 Å². The van der Waals surface area contributed by atoms with E-state index < -0.39 is 10.0 Å². The number of rotatable bonds is 9. The van der Waals surface area contributed by atoms with Crippen molar-refractivity contribution in [2.75, 3.05) is 24.7 Å². The Balaban J connectivity index is 1.88. The number of ether oxygens (including phenoxy) is 1. The maximum Gasteiger partial charge on any atom is 0.239 e. The van der Waals surface area contributed by atoms with Gasteiger partial charge in [0.25, 0.3) is 0 Å². The molecule has 0 unspecified atom stereocenters. The van der Waals surface area contributed by atoms with Crippen LogP contribution in [-0.2, 0) is 21.4 Å². The van der Waals surface area contributed by atoms with Crippen LogP contribution in [0.5, 0.6) is 5.75 Å². The molecular weight excluding hydrogens is 352 g/mol. The third kappa shape index (κ3) is 6.50. The summed E-state index contributed by atoms with van der Waals surface area (Å²) in [6.07, 6.45) is 1.75. The lowest BCUT2D eigenvalue weighted by Gasteiger charge is -2.18. The number of hydrogen-bond donors (Lipinski definition) is 1. The van der Waals surface area contributed by atoms with Crippen molar-refractivity contribution in [2.24, 2.45) is 0 Å². The van der Waals surface area contributed by atoms with Gasteiger partial charge in [0.15, 0.2) is 0 Å². The molecule has 0 spiro atoms. The van der Waals surface area contributed by atoms with Crippen molar-refractivity contribution in [3.63, 3.8) is 0 Å². The van der Waals surface area contributed by atoms with Gasteiger partial charge >= 0.3 is 0 Å². The van der Waals surface area contributed by atoms with Crippen molar-refractivity contribution in [1.29, 1.82) is 0 Å². The summed E-state index contributed by atoms with van der Waals surface area (Å²) in [5, 5.41) is 2.70. The minimum Gasteiger partial charge on any atom is -0.489 e. The molecule has 2 aromatic rings. The Morgan fingerprint density at radius 1 is 1.08 bits per heavy atom. The van der Waals surface area contributed by atoms with Crippen molar-refractivity contribution >= 4 is 21.6 Å². The first-order chi connectivity index (χ1) is 12.4. The summed E-state index contributed by atoms with van der Waals surface area (Å²) in [6, 6.07) is 16.8. The van der Waals surface area contributed by atoms with Gasteiger partial charge in [-0.2, -0.15) is 4.31 Å². The van der Waals surface area contributed by atoms with Crippen LogP contribution in [0.4, 0.5) is 5.69 Å². The van der Waals surface area contributed by atoms with Crippen LogP contribution >= 0.6 is 0 Å². The molecule has 0 heterocycles. The molecule has 0 atom stereocenters. The number of nitrogens with one attached hydrogen (secondary N) is 1. The Morgan fingerprint density at radius 2 is 1.73 bits per heavy atom. The normalized spacial score (nSPS) is 11.3. The van der Waals surface area contributed by atoms with Crippen LogP contribution in [0.25, 0.3) is 0 Å². The zero-order chi connectivity index (χ0) is 19.0. The van der Waals surface area contributed by atoms with Crippen LogP contribution in [0, 0.1) is 0 Å². The van der Waals surface area contributed by atoms with E-state index in [2.05, 4.69) is 5.32 Å². The third-order valence-electron chi connectivity index (χ3n) is 3.65. The van der Waals surface area contributed by atoms with Crippen LogP contribution in [0.2, 0.25) is 0 Å². The van der Waals surface area contributed by atoms with E-state index in [0.717, 1.165) is 11.8 Å². The van der Waals surface area contributed by atoms with Crippen molar-refractivity contribution in [3.8, 4) is 5.75 Å². The smallest absolute Gasteiger partial charge is 0.239 e. The number of carbonyl (C=O) groups excluding carboxylic acids is 1. The number of nitrogens with zero attached hydrogens (tertiary/aromatic N) is 1. The molecule has 0 aliphatic rings. The van der Waals surface area contributed by atoms with Gasteiger partial charge in [-0.1, -0.05) is 37.3 Å². The van der Waals surface area contributed by atoms with E-state index in [0.29, 0.717) is 31.0 Å². The van der Waals surface area contributed by atoms with Gasteiger partial charge in [-0.05, 0) is 36.2 Å². The number of sulfonamides is 1. The van der Waals surface area contributed by atoms with Crippen LogP contribution in [0.3, 0.4) is 0 Å². The third-order valence-corrected chi connectivity index (χ3v) is 4.90. The van der Waals surface area contributed by atoms with Gasteiger partial charge < -0.3 is 10.1 Å². The maximum absolute atomic E-state index is 12.1. The Morgan fingerprint density at radius 3 is 2.31 bits per heavy atom. The fraction of sp³-hybridized carbons (Fsp3) is 0.316. The molecule has 0 aliphatic heterocycles. The first-order valence-electron chi connectivity index (χ1n) is 8.40. The molecule has 0 saturated carbocycles. The van der Waals surface area contributed by atoms with E-state index in [-0.39, 0.29) is 12.5 Å². The van der Waals surface area contributed by atoms with Gasteiger partial charge in [0, 0.05) is 12.2 Å². The Hall–Kier alpha value is -2.38. The summed E-state index contributed by atoms with van der Waals surface area (Å²) in [7, 11) is -3.40. The molecule has 0 aromatic heterocycles. The lowest BCUT2D eigenvalue weighted by atomic mass is 10.2. The van der Waals surface area contributed by atoms with E-state index in [1.165, 1.54) is 4.31 Å². The Bertz CT molecular complexity index is 805. The van der Waals surface area contributed by atoms with Crippen molar-refractivity contribution in [1.82, 2.24) is 4.31 Å². The van der Waals surface area contributed by atoms with Gasteiger partial charge in [-0.3, -0.25) is 4.79 Å². The molecule has 140 valence electrons. The van der Waals surface area contributed by atoms with Gasteiger partial charge in [-0.15, -0.1) is 0 Å². The molecule has 6 nitrogen and oxygen atoms in total. The highest BCUT2D eigenvalue weighted by atomic mass is 32.2. The topological polar surface area (TPSA) is 75.7 Å². The van der Waals surface area contributed by atoms with Crippen LogP contribution in [0.1, 0.15) is 18.9 Å². The standard InChI is InChI=1S/C19H24N2O4S/c1-3-13-21(26(2,23)24)14-19(22)20-17-9-11-18(12-10-17)25-15-16-7-5-4-6-8-16/h4-12H,3,13-15H2,1-2H3,(H,20,22). The molecule has 2 rings (SSSR count). The van der Waals surface area contributed by atoms with E-state index in [1.54, 1.807) is 24.3 Å². The molecule has 0 fully saturated rings. The summed E-state index contributed by atoms with van der Waals surface area (Å²) in [5.41, 5.74) is 1.66.